The zero-order valence-corrected chi connectivity index (χ0v) is 11.0. The van der Waals surface area contributed by atoms with Crippen molar-refractivity contribution in [2.45, 2.75) is 12.3 Å². The van der Waals surface area contributed by atoms with Crippen molar-refractivity contribution >= 4 is 23.2 Å². The SMILES string of the molecule is CC(Cl)c1ccccc1NC(=O)c1ccn(C)n1. The van der Waals surface area contributed by atoms with Crippen LogP contribution in [0.5, 0.6) is 0 Å². The van der Waals surface area contributed by atoms with Gasteiger partial charge in [-0.05, 0) is 24.6 Å². The molecule has 0 spiro atoms. The number of carbonyl (C=O) groups excluding carboxylic acids is 1. The molecule has 1 heterocycles. The van der Waals surface area contributed by atoms with Gasteiger partial charge in [-0.15, -0.1) is 11.6 Å². The Labute approximate surface area is 111 Å². The fraction of sp³-hybridized carbons (Fsp3) is 0.231. The Hall–Kier alpha value is -1.81. The van der Waals surface area contributed by atoms with Crippen LogP contribution in [-0.2, 0) is 7.05 Å². The number of nitrogens with one attached hydrogen (secondary N) is 1. The molecule has 1 atom stereocenters. The predicted octanol–water partition coefficient (Wildman–Crippen LogP) is 2.97. The summed E-state index contributed by atoms with van der Waals surface area (Å²) in [5.74, 6) is -0.236. The molecule has 0 aliphatic carbocycles. The highest BCUT2D eigenvalue weighted by atomic mass is 35.5. The van der Waals surface area contributed by atoms with Crippen LogP contribution in [0.2, 0.25) is 0 Å². The highest BCUT2D eigenvalue weighted by molar-refractivity contribution is 6.21. The van der Waals surface area contributed by atoms with Crippen molar-refractivity contribution in [2.24, 2.45) is 7.05 Å². The van der Waals surface area contributed by atoms with Crippen molar-refractivity contribution in [2.75, 3.05) is 5.32 Å². The maximum absolute atomic E-state index is 12.0. The number of amides is 1. The van der Waals surface area contributed by atoms with Crippen LogP contribution in [-0.4, -0.2) is 15.7 Å². The molecular formula is C13H14ClN3O. The smallest absolute Gasteiger partial charge is 0.276 e. The number of alkyl halides is 1. The van der Waals surface area contributed by atoms with Crippen LogP contribution in [0.15, 0.2) is 36.5 Å². The average molecular weight is 264 g/mol. The minimum absolute atomic E-state index is 0.162. The van der Waals surface area contributed by atoms with E-state index in [9.17, 15) is 4.79 Å². The molecule has 1 N–H and O–H groups in total. The molecule has 0 aliphatic rings. The van der Waals surface area contributed by atoms with Gasteiger partial charge in [-0.25, -0.2) is 0 Å². The molecule has 2 rings (SSSR count). The summed E-state index contributed by atoms with van der Waals surface area (Å²) in [4.78, 5) is 12.0. The van der Waals surface area contributed by atoms with Crippen molar-refractivity contribution in [3.8, 4) is 0 Å². The first-order chi connectivity index (χ1) is 8.58. The van der Waals surface area contributed by atoms with Gasteiger partial charge in [-0.1, -0.05) is 18.2 Å². The van der Waals surface area contributed by atoms with Gasteiger partial charge < -0.3 is 5.32 Å². The summed E-state index contributed by atoms with van der Waals surface area (Å²) in [7, 11) is 1.77. The molecule has 0 saturated carbocycles. The lowest BCUT2D eigenvalue weighted by Gasteiger charge is -2.11. The zero-order chi connectivity index (χ0) is 13.1. The predicted molar refractivity (Wildman–Crippen MR) is 71.9 cm³/mol. The van der Waals surface area contributed by atoms with Crippen molar-refractivity contribution in [3.63, 3.8) is 0 Å². The van der Waals surface area contributed by atoms with Crippen molar-refractivity contribution < 1.29 is 4.79 Å². The molecule has 1 amide bonds. The molecule has 0 radical (unpaired) electrons. The normalized spacial score (nSPS) is 12.2. The van der Waals surface area contributed by atoms with Gasteiger partial charge in [0.15, 0.2) is 5.69 Å². The molecule has 18 heavy (non-hydrogen) atoms. The van der Waals surface area contributed by atoms with Crippen LogP contribution in [0.25, 0.3) is 0 Å². The monoisotopic (exact) mass is 263 g/mol. The Kier molecular flexibility index (Phi) is 3.67. The largest absolute Gasteiger partial charge is 0.320 e. The summed E-state index contributed by atoms with van der Waals surface area (Å²) in [5, 5.41) is 6.71. The van der Waals surface area contributed by atoms with E-state index in [1.54, 1.807) is 24.0 Å². The summed E-state index contributed by atoms with van der Waals surface area (Å²) in [6, 6.07) is 9.14. The number of hydrogen-bond donors (Lipinski definition) is 1. The second kappa shape index (κ2) is 5.23. The van der Waals surface area contributed by atoms with Gasteiger partial charge >= 0.3 is 0 Å². The quantitative estimate of drug-likeness (QED) is 0.866. The first-order valence-corrected chi connectivity index (χ1v) is 6.05. The number of rotatable bonds is 3. The van der Waals surface area contributed by atoms with E-state index >= 15 is 0 Å². The molecule has 0 bridgehead atoms. The Bertz CT molecular complexity index is 563. The second-order valence-electron chi connectivity index (χ2n) is 4.03. The summed E-state index contributed by atoms with van der Waals surface area (Å²) in [6.45, 7) is 1.87. The van der Waals surface area contributed by atoms with E-state index in [0.29, 0.717) is 5.69 Å². The molecule has 2 aromatic rings. The lowest BCUT2D eigenvalue weighted by molar-refractivity contribution is 0.102. The van der Waals surface area contributed by atoms with E-state index in [1.807, 2.05) is 31.2 Å². The minimum Gasteiger partial charge on any atom is -0.320 e. The van der Waals surface area contributed by atoms with E-state index in [2.05, 4.69) is 10.4 Å². The zero-order valence-electron chi connectivity index (χ0n) is 10.2. The van der Waals surface area contributed by atoms with Crippen LogP contribution in [0, 0.1) is 0 Å². The number of carbonyl (C=O) groups is 1. The van der Waals surface area contributed by atoms with E-state index in [-0.39, 0.29) is 11.3 Å². The van der Waals surface area contributed by atoms with Crippen LogP contribution < -0.4 is 5.32 Å². The van der Waals surface area contributed by atoms with E-state index in [4.69, 9.17) is 11.6 Å². The number of anilines is 1. The summed E-state index contributed by atoms with van der Waals surface area (Å²) < 4.78 is 1.59. The maximum atomic E-state index is 12.0. The fourth-order valence-electron chi connectivity index (χ4n) is 1.68. The molecular weight excluding hydrogens is 250 g/mol. The van der Waals surface area contributed by atoms with Gasteiger partial charge in [0.05, 0.1) is 5.38 Å². The van der Waals surface area contributed by atoms with Gasteiger partial charge in [0, 0.05) is 18.9 Å². The Morgan fingerprint density at radius 3 is 2.72 bits per heavy atom. The number of nitrogens with zero attached hydrogens (tertiary/aromatic N) is 2. The summed E-state index contributed by atoms with van der Waals surface area (Å²) >= 11 is 6.07. The number of aryl methyl sites for hydroxylation is 1. The first kappa shape index (κ1) is 12.6. The fourth-order valence-corrected chi connectivity index (χ4v) is 1.87. The number of aromatic nitrogens is 2. The van der Waals surface area contributed by atoms with E-state index in [1.165, 1.54) is 0 Å². The third kappa shape index (κ3) is 2.71. The third-order valence-electron chi connectivity index (χ3n) is 2.58. The van der Waals surface area contributed by atoms with Crippen molar-refractivity contribution in [1.82, 2.24) is 9.78 Å². The van der Waals surface area contributed by atoms with Crippen molar-refractivity contribution in [3.05, 3.63) is 47.8 Å². The third-order valence-corrected chi connectivity index (χ3v) is 2.82. The van der Waals surface area contributed by atoms with Crippen LogP contribution in [0.1, 0.15) is 28.4 Å². The van der Waals surface area contributed by atoms with E-state index < -0.39 is 0 Å². The maximum Gasteiger partial charge on any atom is 0.276 e. The molecule has 5 heteroatoms. The Balaban J connectivity index is 2.22. The highest BCUT2D eigenvalue weighted by Gasteiger charge is 2.13. The lowest BCUT2D eigenvalue weighted by Crippen LogP contribution is -2.14. The number of benzene rings is 1. The van der Waals surface area contributed by atoms with Gasteiger partial charge in [0.1, 0.15) is 0 Å². The topological polar surface area (TPSA) is 46.9 Å². The average Bonchev–Trinajstić information content (AvgIpc) is 2.76. The summed E-state index contributed by atoms with van der Waals surface area (Å²) in [6.07, 6.45) is 1.73. The molecule has 0 saturated heterocycles. The lowest BCUT2D eigenvalue weighted by atomic mass is 10.1. The van der Waals surface area contributed by atoms with E-state index in [0.717, 1.165) is 11.3 Å². The van der Waals surface area contributed by atoms with Crippen LogP contribution in [0.4, 0.5) is 5.69 Å². The molecule has 0 aliphatic heterocycles. The molecule has 94 valence electrons. The van der Waals surface area contributed by atoms with Gasteiger partial charge in [0.2, 0.25) is 0 Å². The number of para-hydroxylation sites is 1. The molecule has 1 unspecified atom stereocenters. The highest BCUT2D eigenvalue weighted by Crippen LogP contribution is 2.27. The molecule has 0 fully saturated rings. The second-order valence-corrected chi connectivity index (χ2v) is 4.69. The van der Waals surface area contributed by atoms with Gasteiger partial charge in [-0.3, -0.25) is 9.48 Å². The summed E-state index contributed by atoms with van der Waals surface area (Å²) in [5.41, 5.74) is 1.99. The standard InChI is InChI=1S/C13H14ClN3O/c1-9(14)10-5-3-4-6-11(10)15-13(18)12-7-8-17(2)16-12/h3-9H,1-2H3,(H,15,18). The number of hydrogen-bond acceptors (Lipinski definition) is 2. The van der Waals surface area contributed by atoms with Crippen LogP contribution in [0.3, 0.4) is 0 Å². The van der Waals surface area contributed by atoms with Crippen LogP contribution >= 0.6 is 11.6 Å². The molecule has 4 nitrogen and oxygen atoms in total. The minimum atomic E-state index is -0.236. The van der Waals surface area contributed by atoms with Gasteiger partial charge in [0.25, 0.3) is 5.91 Å². The van der Waals surface area contributed by atoms with Crippen molar-refractivity contribution in [1.29, 1.82) is 0 Å². The van der Waals surface area contributed by atoms with Gasteiger partial charge in [-0.2, -0.15) is 5.10 Å². The number of halogens is 1. The molecule has 1 aromatic carbocycles. The Morgan fingerprint density at radius 2 is 2.11 bits per heavy atom. The first-order valence-electron chi connectivity index (χ1n) is 5.62. The Morgan fingerprint density at radius 1 is 1.39 bits per heavy atom. The molecule has 1 aromatic heterocycles.